The molecule has 0 saturated heterocycles. The van der Waals surface area contributed by atoms with Crippen molar-refractivity contribution in [2.24, 2.45) is 5.73 Å². The summed E-state index contributed by atoms with van der Waals surface area (Å²) in [4.78, 5) is 11.3. The highest BCUT2D eigenvalue weighted by Crippen LogP contribution is 2.29. The second kappa shape index (κ2) is 4.58. The lowest BCUT2D eigenvalue weighted by Gasteiger charge is -2.22. The number of rotatable bonds is 4. The van der Waals surface area contributed by atoms with E-state index in [0.29, 0.717) is 13.0 Å². The van der Waals surface area contributed by atoms with Crippen LogP contribution in [0, 0.1) is 0 Å². The van der Waals surface area contributed by atoms with E-state index in [-0.39, 0.29) is 18.1 Å². The lowest BCUT2D eigenvalue weighted by molar-refractivity contribution is -0.122. The maximum Gasteiger partial charge on any atom is 0.221 e. The fourth-order valence-corrected chi connectivity index (χ4v) is 1.83. The fraction of sp³-hybridized carbons (Fsp3) is 0.889. The van der Waals surface area contributed by atoms with E-state index in [1.165, 1.54) is 0 Å². The van der Waals surface area contributed by atoms with Crippen molar-refractivity contribution in [3.8, 4) is 0 Å². The van der Waals surface area contributed by atoms with Gasteiger partial charge < -0.3 is 16.2 Å². The third-order valence-electron chi connectivity index (χ3n) is 2.55. The molecule has 0 bridgehead atoms. The Labute approximate surface area is 78.5 Å². The molecule has 1 aliphatic carbocycles. The highest BCUT2D eigenvalue weighted by atomic mass is 16.3. The largest absolute Gasteiger partial charge is 0.395 e. The minimum Gasteiger partial charge on any atom is -0.395 e. The minimum absolute atomic E-state index is 0.0106. The van der Waals surface area contributed by atoms with Crippen LogP contribution in [0.15, 0.2) is 0 Å². The maximum absolute atomic E-state index is 11.3. The molecule has 1 amide bonds. The van der Waals surface area contributed by atoms with Gasteiger partial charge in [0.05, 0.1) is 6.61 Å². The molecule has 0 aromatic rings. The van der Waals surface area contributed by atoms with Gasteiger partial charge in [-0.15, -0.1) is 0 Å². The van der Waals surface area contributed by atoms with E-state index in [1.54, 1.807) is 0 Å². The molecule has 76 valence electrons. The first-order valence-corrected chi connectivity index (χ1v) is 4.83. The zero-order valence-corrected chi connectivity index (χ0v) is 7.88. The van der Waals surface area contributed by atoms with Crippen molar-refractivity contribution in [3.05, 3.63) is 0 Å². The topological polar surface area (TPSA) is 75.4 Å². The first kappa shape index (κ1) is 10.5. The van der Waals surface area contributed by atoms with Crippen LogP contribution in [0.2, 0.25) is 0 Å². The summed E-state index contributed by atoms with van der Waals surface area (Å²) < 4.78 is 0. The van der Waals surface area contributed by atoms with Gasteiger partial charge in [-0.25, -0.2) is 0 Å². The number of nitrogens with one attached hydrogen (secondary N) is 1. The molecular formula is C9H18N2O2. The summed E-state index contributed by atoms with van der Waals surface area (Å²) >= 11 is 0. The van der Waals surface area contributed by atoms with Crippen LogP contribution in [0.1, 0.15) is 32.1 Å². The molecule has 0 radical (unpaired) electrons. The molecule has 1 rings (SSSR count). The Morgan fingerprint density at radius 1 is 1.46 bits per heavy atom. The second-order valence-electron chi connectivity index (χ2n) is 3.82. The van der Waals surface area contributed by atoms with Crippen molar-refractivity contribution in [2.45, 2.75) is 37.6 Å². The summed E-state index contributed by atoms with van der Waals surface area (Å²) in [6, 6.07) is 0. The summed E-state index contributed by atoms with van der Waals surface area (Å²) in [5, 5.41) is 11.1. The summed E-state index contributed by atoms with van der Waals surface area (Å²) in [5.74, 6) is -0.0431. The van der Waals surface area contributed by atoms with Crippen LogP contribution in [0.5, 0.6) is 0 Å². The first-order valence-electron chi connectivity index (χ1n) is 4.83. The Morgan fingerprint density at radius 2 is 2.08 bits per heavy atom. The SMILES string of the molecule is NC1(CC(=O)NCCO)CCCC1. The van der Waals surface area contributed by atoms with Crippen molar-refractivity contribution in [3.63, 3.8) is 0 Å². The van der Waals surface area contributed by atoms with Crippen LogP contribution in [0.4, 0.5) is 0 Å². The average Bonchev–Trinajstić information content (AvgIpc) is 2.48. The van der Waals surface area contributed by atoms with Crippen molar-refractivity contribution < 1.29 is 9.90 Å². The Morgan fingerprint density at radius 3 is 2.62 bits per heavy atom. The summed E-state index contributed by atoms with van der Waals surface area (Å²) in [6.07, 6.45) is 4.54. The molecule has 0 aromatic heterocycles. The molecule has 4 nitrogen and oxygen atoms in total. The number of hydrogen-bond acceptors (Lipinski definition) is 3. The molecule has 4 N–H and O–H groups in total. The summed E-state index contributed by atoms with van der Waals surface area (Å²) in [7, 11) is 0. The van der Waals surface area contributed by atoms with E-state index in [4.69, 9.17) is 10.8 Å². The minimum atomic E-state index is -0.278. The molecule has 1 saturated carbocycles. The number of aliphatic hydroxyl groups excluding tert-OH is 1. The predicted octanol–water partition coefficient (Wildman–Crippen LogP) is -0.244. The van der Waals surface area contributed by atoms with Crippen LogP contribution in [-0.4, -0.2) is 29.7 Å². The molecule has 0 aromatic carbocycles. The van der Waals surface area contributed by atoms with Crippen molar-refractivity contribution in [2.75, 3.05) is 13.2 Å². The molecular weight excluding hydrogens is 168 g/mol. The average molecular weight is 186 g/mol. The zero-order chi connectivity index (χ0) is 9.73. The van der Waals surface area contributed by atoms with E-state index in [2.05, 4.69) is 5.32 Å². The van der Waals surface area contributed by atoms with Gasteiger partial charge in [-0.05, 0) is 12.8 Å². The quantitative estimate of drug-likeness (QED) is 0.567. The molecule has 0 atom stereocenters. The third kappa shape index (κ3) is 3.32. The zero-order valence-electron chi connectivity index (χ0n) is 7.88. The number of nitrogens with two attached hydrogens (primary N) is 1. The van der Waals surface area contributed by atoms with Gasteiger partial charge in [0, 0.05) is 18.5 Å². The van der Waals surface area contributed by atoms with Gasteiger partial charge in [0.15, 0.2) is 0 Å². The molecule has 1 aliphatic rings. The Balaban J connectivity index is 2.26. The van der Waals surface area contributed by atoms with Gasteiger partial charge in [0.25, 0.3) is 0 Å². The standard InChI is InChI=1S/C9H18N2O2/c10-9(3-1-2-4-9)7-8(13)11-5-6-12/h12H,1-7,10H2,(H,11,13). The van der Waals surface area contributed by atoms with Gasteiger partial charge in [0.1, 0.15) is 0 Å². The van der Waals surface area contributed by atoms with E-state index in [9.17, 15) is 4.79 Å². The van der Waals surface area contributed by atoms with E-state index >= 15 is 0 Å². The second-order valence-corrected chi connectivity index (χ2v) is 3.82. The van der Waals surface area contributed by atoms with E-state index < -0.39 is 0 Å². The van der Waals surface area contributed by atoms with Crippen LogP contribution in [-0.2, 0) is 4.79 Å². The Hall–Kier alpha value is -0.610. The monoisotopic (exact) mass is 186 g/mol. The van der Waals surface area contributed by atoms with Gasteiger partial charge >= 0.3 is 0 Å². The number of hydrogen-bond donors (Lipinski definition) is 3. The summed E-state index contributed by atoms with van der Waals surface area (Å²) in [5.41, 5.74) is 5.73. The Kier molecular flexibility index (Phi) is 3.69. The van der Waals surface area contributed by atoms with Gasteiger partial charge in [-0.2, -0.15) is 0 Å². The van der Waals surface area contributed by atoms with Crippen molar-refractivity contribution in [1.29, 1.82) is 0 Å². The van der Waals surface area contributed by atoms with Crippen LogP contribution < -0.4 is 11.1 Å². The normalized spacial score (nSPS) is 20.2. The smallest absolute Gasteiger partial charge is 0.221 e. The summed E-state index contributed by atoms with van der Waals surface area (Å²) in [6.45, 7) is 0.318. The van der Waals surface area contributed by atoms with E-state index in [0.717, 1.165) is 25.7 Å². The number of carbonyl (C=O) groups excluding carboxylic acids is 1. The lowest BCUT2D eigenvalue weighted by Crippen LogP contribution is -2.42. The highest BCUT2D eigenvalue weighted by Gasteiger charge is 2.31. The first-order chi connectivity index (χ1) is 6.16. The highest BCUT2D eigenvalue weighted by molar-refractivity contribution is 5.77. The number of amides is 1. The Bertz CT molecular complexity index is 176. The van der Waals surface area contributed by atoms with Crippen molar-refractivity contribution >= 4 is 5.91 Å². The number of carbonyl (C=O) groups is 1. The molecule has 0 heterocycles. The van der Waals surface area contributed by atoms with Crippen molar-refractivity contribution in [1.82, 2.24) is 5.32 Å². The molecule has 0 aliphatic heterocycles. The maximum atomic E-state index is 11.3. The molecule has 13 heavy (non-hydrogen) atoms. The third-order valence-corrected chi connectivity index (χ3v) is 2.55. The number of aliphatic hydroxyl groups is 1. The lowest BCUT2D eigenvalue weighted by atomic mass is 9.94. The van der Waals surface area contributed by atoms with Gasteiger partial charge in [-0.1, -0.05) is 12.8 Å². The fourth-order valence-electron chi connectivity index (χ4n) is 1.83. The molecule has 0 spiro atoms. The van der Waals surface area contributed by atoms with Gasteiger partial charge in [-0.3, -0.25) is 4.79 Å². The van der Waals surface area contributed by atoms with Crippen LogP contribution in [0.3, 0.4) is 0 Å². The van der Waals surface area contributed by atoms with Crippen LogP contribution >= 0.6 is 0 Å². The predicted molar refractivity (Wildman–Crippen MR) is 50.1 cm³/mol. The van der Waals surface area contributed by atoms with E-state index in [1.807, 2.05) is 0 Å². The molecule has 0 unspecified atom stereocenters. The molecule has 4 heteroatoms. The van der Waals surface area contributed by atoms with Crippen LogP contribution in [0.25, 0.3) is 0 Å². The van der Waals surface area contributed by atoms with Gasteiger partial charge in [0.2, 0.25) is 5.91 Å². The molecule has 1 fully saturated rings.